The predicted molar refractivity (Wildman–Crippen MR) is 117 cm³/mol. The predicted octanol–water partition coefficient (Wildman–Crippen LogP) is 6.32. The van der Waals surface area contributed by atoms with Crippen LogP contribution in [0, 0.1) is 0 Å². The largest absolute Gasteiger partial charge is 0.515 e. The summed E-state index contributed by atoms with van der Waals surface area (Å²) in [6, 6.07) is 25.1. The summed E-state index contributed by atoms with van der Waals surface area (Å²) >= 11 is 6.07. The number of benzene rings is 3. The minimum Gasteiger partial charge on any atom is -0.410 e. The Bertz CT molecular complexity index is 928. The zero-order valence-corrected chi connectivity index (χ0v) is 17.3. The molecule has 4 nitrogen and oxygen atoms in total. The van der Waals surface area contributed by atoms with Crippen LogP contribution < -0.4 is 9.64 Å². The van der Waals surface area contributed by atoms with E-state index >= 15 is 0 Å². The van der Waals surface area contributed by atoms with Crippen LogP contribution in [0.1, 0.15) is 25.0 Å². The van der Waals surface area contributed by atoms with Crippen LogP contribution in [0.4, 0.5) is 10.5 Å². The molecule has 0 bridgehead atoms. The van der Waals surface area contributed by atoms with Crippen LogP contribution in [0.5, 0.6) is 5.75 Å². The van der Waals surface area contributed by atoms with Gasteiger partial charge in [-0.1, -0.05) is 60.1 Å². The molecule has 1 atom stereocenters. The highest BCUT2D eigenvalue weighted by Crippen LogP contribution is 2.22. The van der Waals surface area contributed by atoms with Gasteiger partial charge in [-0.3, -0.25) is 0 Å². The smallest absolute Gasteiger partial charge is 0.410 e. The fourth-order valence-electron chi connectivity index (χ4n) is 3.13. The molecule has 29 heavy (non-hydrogen) atoms. The van der Waals surface area contributed by atoms with E-state index in [2.05, 4.69) is 12.1 Å². The van der Waals surface area contributed by atoms with Crippen molar-refractivity contribution in [2.75, 3.05) is 11.4 Å². The van der Waals surface area contributed by atoms with Crippen molar-refractivity contribution in [3.63, 3.8) is 0 Å². The number of hydrogen-bond donors (Lipinski definition) is 0. The van der Waals surface area contributed by atoms with Crippen molar-refractivity contribution in [2.45, 2.75) is 26.5 Å². The van der Waals surface area contributed by atoms with Crippen molar-refractivity contribution in [3.05, 3.63) is 95.0 Å². The summed E-state index contributed by atoms with van der Waals surface area (Å²) < 4.78 is 10.8. The minimum absolute atomic E-state index is 0.449. The second kappa shape index (κ2) is 9.99. The normalized spacial score (nSPS) is 11.6. The Hall–Kier alpha value is -2.98. The summed E-state index contributed by atoms with van der Waals surface area (Å²) in [5.74, 6) is 0.449. The number of anilines is 1. The summed E-state index contributed by atoms with van der Waals surface area (Å²) in [6.45, 7) is 4.44. The first kappa shape index (κ1) is 20.7. The molecule has 0 aliphatic heterocycles. The molecular weight excluding hydrogens is 386 g/mol. The van der Waals surface area contributed by atoms with Gasteiger partial charge in [-0.2, -0.15) is 0 Å². The fourth-order valence-corrected chi connectivity index (χ4v) is 3.32. The number of ether oxygens (including phenoxy) is 2. The minimum atomic E-state index is -0.742. The molecule has 0 fully saturated rings. The van der Waals surface area contributed by atoms with Gasteiger partial charge in [0.15, 0.2) is 6.23 Å². The Labute approximate surface area is 176 Å². The topological polar surface area (TPSA) is 38.8 Å². The lowest BCUT2D eigenvalue weighted by atomic mass is 10.1. The molecule has 3 aromatic carbocycles. The van der Waals surface area contributed by atoms with Crippen LogP contribution in [-0.2, 0) is 11.2 Å². The first-order valence-corrected chi connectivity index (χ1v) is 9.96. The van der Waals surface area contributed by atoms with E-state index in [-0.39, 0.29) is 0 Å². The highest BCUT2D eigenvalue weighted by atomic mass is 35.5. The number of carbonyl (C=O) groups is 1. The summed E-state index contributed by atoms with van der Waals surface area (Å²) in [6.07, 6.45) is -0.412. The Kier molecular flexibility index (Phi) is 7.14. The number of rotatable bonds is 7. The number of carbonyl (C=O) groups excluding carboxylic acids is 1. The lowest BCUT2D eigenvalue weighted by Crippen LogP contribution is -2.37. The Morgan fingerprint density at radius 3 is 2.31 bits per heavy atom. The van der Waals surface area contributed by atoms with Crippen LogP contribution >= 0.6 is 11.6 Å². The summed E-state index contributed by atoms with van der Waals surface area (Å²) in [5, 5.41) is 0.631. The zero-order valence-electron chi connectivity index (χ0n) is 16.5. The van der Waals surface area contributed by atoms with E-state index in [1.54, 1.807) is 25.1 Å². The molecule has 3 rings (SSSR count). The molecule has 0 spiro atoms. The van der Waals surface area contributed by atoms with Gasteiger partial charge in [0.2, 0.25) is 0 Å². The third kappa shape index (κ3) is 6.00. The van der Waals surface area contributed by atoms with Crippen LogP contribution in [0.2, 0.25) is 5.02 Å². The van der Waals surface area contributed by atoms with Crippen molar-refractivity contribution < 1.29 is 14.3 Å². The number of hydrogen-bond acceptors (Lipinski definition) is 4. The highest BCUT2D eigenvalue weighted by molar-refractivity contribution is 6.30. The van der Waals surface area contributed by atoms with E-state index in [1.807, 2.05) is 60.4 Å². The maximum absolute atomic E-state index is 12.2. The Balaban J connectivity index is 1.56. The second-order valence-electron chi connectivity index (χ2n) is 6.64. The maximum Gasteiger partial charge on any atom is 0.515 e. The van der Waals surface area contributed by atoms with Crippen molar-refractivity contribution in [1.82, 2.24) is 0 Å². The fraction of sp³-hybridized carbons (Fsp3) is 0.208. The first-order valence-electron chi connectivity index (χ1n) is 9.58. The molecule has 150 valence electrons. The number of nitrogens with zero attached hydrogens (tertiary/aromatic N) is 1. The molecule has 0 aliphatic carbocycles. The van der Waals surface area contributed by atoms with Gasteiger partial charge in [0.25, 0.3) is 0 Å². The first-order chi connectivity index (χ1) is 14.0. The van der Waals surface area contributed by atoms with Crippen LogP contribution in [-0.4, -0.2) is 18.9 Å². The molecule has 0 radical (unpaired) electrons. The van der Waals surface area contributed by atoms with E-state index in [9.17, 15) is 4.79 Å². The molecule has 0 saturated carbocycles. The van der Waals surface area contributed by atoms with Crippen molar-refractivity contribution >= 4 is 23.4 Å². The number of halogens is 1. The molecule has 0 heterocycles. The third-order valence-electron chi connectivity index (χ3n) is 4.56. The van der Waals surface area contributed by atoms with E-state index in [0.717, 1.165) is 17.7 Å². The monoisotopic (exact) mass is 409 g/mol. The van der Waals surface area contributed by atoms with Crippen LogP contribution in [0.15, 0.2) is 78.9 Å². The molecule has 3 aromatic rings. The van der Waals surface area contributed by atoms with Gasteiger partial charge in [0.1, 0.15) is 5.75 Å². The molecule has 0 saturated heterocycles. The van der Waals surface area contributed by atoms with Gasteiger partial charge in [-0.25, -0.2) is 4.79 Å². The molecule has 0 aromatic heterocycles. The lowest BCUT2D eigenvalue weighted by molar-refractivity contribution is 0.0645. The van der Waals surface area contributed by atoms with E-state index in [4.69, 9.17) is 21.1 Å². The lowest BCUT2D eigenvalue weighted by Gasteiger charge is -2.29. The Morgan fingerprint density at radius 2 is 1.66 bits per heavy atom. The van der Waals surface area contributed by atoms with E-state index in [0.29, 0.717) is 17.3 Å². The van der Waals surface area contributed by atoms with Crippen LogP contribution in [0.25, 0.3) is 0 Å². The summed E-state index contributed by atoms with van der Waals surface area (Å²) in [4.78, 5) is 14.1. The molecule has 1 unspecified atom stereocenters. The average molecular weight is 410 g/mol. The standard InChI is InChI=1S/C24H24ClNO3/c1-3-26(22-11-7-10-21(25)17-22)18(2)28-24(27)29-23-14-12-20(13-15-23)16-19-8-5-4-6-9-19/h4-15,17-18H,3,16H2,1-2H3. The Morgan fingerprint density at radius 1 is 0.966 bits per heavy atom. The quantitative estimate of drug-likeness (QED) is 0.260. The van der Waals surface area contributed by atoms with Gasteiger partial charge >= 0.3 is 6.16 Å². The van der Waals surface area contributed by atoms with Crippen molar-refractivity contribution in [3.8, 4) is 5.75 Å². The van der Waals surface area contributed by atoms with Gasteiger partial charge in [-0.15, -0.1) is 0 Å². The van der Waals surface area contributed by atoms with Gasteiger partial charge in [0.05, 0.1) is 0 Å². The summed E-state index contributed by atoms with van der Waals surface area (Å²) in [5.41, 5.74) is 3.25. The van der Waals surface area contributed by atoms with E-state index in [1.165, 1.54) is 5.56 Å². The third-order valence-corrected chi connectivity index (χ3v) is 4.80. The SMILES string of the molecule is CCN(c1cccc(Cl)c1)C(C)OC(=O)Oc1ccc(Cc2ccccc2)cc1. The van der Waals surface area contributed by atoms with Gasteiger partial charge in [0, 0.05) is 17.3 Å². The zero-order chi connectivity index (χ0) is 20.6. The van der Waals surface area contributed by atoms with Crippen LogP contribution in [0.3, 0.4) is 0 Å². The van der Waals surface area contributed by atoms with Crippen molar-refractivity contribution in [1.29, 1.82) is 0 Å². The molecular formula is C24H24ClNO3. The molecule has 5 heteroatoms. The van der Waals surface area contributed by atoms with Crippen molar-refractivity contribution in [2.24, 2.45) is 0 Å². The van der Waals surface area contributed by atoms with Gasteiger partial charge in [-0.05, 0) is 61.7 Å². The molecule has 0 amide bonds. The average Bonchev–Trinajstić information content (AvgIpc) is 2.71. The van der Waals surface area contributed by atoms with Gasteiger partial charge < -0.3 is 14.4 Å². The highest BCUT2D eigenvalue weighted by Gasteiger charge is 2.19. The summed E-state index contributed by atoms with van der Waals surface area (Å²) in [7, 11) is 0. The second-order valence-corrected chi connectivity index (χ2v) is 7.08. The molecule has 0 aliphatic rings. The van der Waals surface area contributed by atoms with E-state index < -0.39 is 12.4 Å². The maximum atomic E-state index is 12.2. The molecule has 0 N–H and O–H groups in total.